The van der Waals surface area contributed by atoms with Crippen LogP contribution in [0.15, 0.2) is 30.7 Å². The molecule has 3 heterocycles. The molecule has 7 heteroatoms. The average molecular weight is 343 g/mol. The highest BCUT2D eigenvalue weighted by Gasteiger charge is 2.26. The average Bonchev–Trinajstić information content (AvgIpc) is 3.06. The molecule has 1 fully saturated rings. The topological polar surface area (TPSA) is 83.3 Å². The lowest BCUT2D eigenvalue weighted by Gasteiger charge is -2.34. The minimum atomic E-state index is -0.376. The van der Waals surface area contributed by atoms with E-state index in [1.54, 1.807) is 24.2 Å². The van der Waals surface area contributed by atoms with Crippen LogP contribution in [0.1, 0.15) is 31.2 Å². The van der Waals surface area contributed by atoms with Crippen LogP contribution in [0.2, 0.25) is 0 Å². The largest absolute Gasteiger partial charge is 0.393 e. The van der Waals surface area contributed by atoms with Gasteiger partial charge in [0.2, 0.25) is 0 Å². The highest BCUT2D eigenvalue weighted by Crippen LogP contribution is 2.19. The summed E-state index contributed by atoms with van der Waals surface area (Å²) >= 11 is 0. The SMILES string of the molecule is Cc1nccn1-c1ccc(CNC(=O)N2CCCC(C(C)O)C2)cn1. The number of pyridine rings is 1. The van der Waals surface area contributed by atoms with Crippen molar-refractivity contribution in [1.29, 1.82) is 0 Å². The zero-order valence-corrected chi connectivity index (χ0v) is 14.7. The third kappa shape index (κ3) is 4.17. The third-order valence-electron chi connectivity index (χ3n) is 4.75. The Morgan fingerprint density at radius 1 is 1.44 bits per heavy atom. The molecule has 0 aromatic carbocycles. The van der Waals surface area contributed by atoms with Gasteiger partial charge in [-0.1, -0.05) is 6.07 Å². The van der Waals surface area contributed by atoms with Crippen LogP contribution in [0.3, 0.4) is 0 Å². The zero-order chi connectivity index (χ0) is 17.8. The maximum atomic E-state index is 12.3. The van der Waals surface area contributed by atoms with Gasteiger partial charge in [-0.15, -0.1) is 0 Å². The summed E-state index contributed by atoms with van der Waals surface area (Å²) in [5, 5.41) is 12.7. The van der Waals surface area contributed by atoms with Crippen molar-refractivity contribution in [2.45, 2.75) is 39.3 Å². The Bertz CT molecular complexity index is 711. The van der Waals surface area contributed by atoms with Gasteiger partial charge in [-0.25, -0.2) is 14.8 Å². The summed E-state index contributed by atoms with van der Waals surface area (Å²) in [7, 11) is 0. The van der Waals surface area contributed by atoms with Crippen molar-refractivity contribution in [2.24, 2.45) is 5.92 Å². The summed E-state index contributed by atoms with van der Waals surface area (Å²) in [5.41, 5.74) is 0.943. The molecule has 1 saturated heterocycles. The summed E-state index contributed by atoms with van der Waals surface area (Å²) in [6, 6.07) is 3.79. The van der Waals surface area contributed by atoms with Crippen molar-refractivity contribution in [1.82, 2.24) is 24.8 Å². The van der Waals surface area contributed by atoms with Crippen LogP contribution >= 0.6 is 0 Å². The van der Waals surface area contributed by atoms with Crippen molar-refractivity contribution in [3.63, 3.8) is 0 Å². The van der Waals surface area contributed by atoms with Crippen LogP contribution in [0.5, 0.6) is 0 Å². The van der Waals surface area contributed by atoms with Crippen LogP contribution in [0, 0.1) is 12.8 Å². The molecule has 0 bridgehead atoms. The number of carbonyl (C=O) groups is 1. The summed E-state index contributed by atoms with van der Waals surface area (Å²) in [5.74, 6) is 1.85. The molecule has 0 radical (unpaired) electrons. The molecule has 2 amide bonds. The van der Waals surface area contributed by atoms with Gasteiger partial charge in [0.15, 0.2) is 0 Å². The molecular weight excluding hydrogens is 318 g/mol. The van der Waals surface area contributed by atoms with Gasteiger partial charge in [-0.3, -0.25) is 4.57 Å². The number of carbonyl (C=O) groups excluding carboxylic acids is 1. The molecular formula is C18H25N5O2. The number of imidazole rings is 1. The molecule has 2 unspecified atom stereocenters. The number of aliphatic hydroxyl groups is 1. The Kier molecular flexibility index (Phi) is 5.33. The first-order chi connectivity index (χ1) is 12.0. The third-order valence-corrected chi connectivity index (χ3v) is 4.75. The second-order valence-electron chi connectivity index (χ2n) is 6.62. The van der Waals surface area contributed by atoms with Crippen LogP contribution in [-0.2, 0) is 6.54 Å². The fourth-order valence-electron chi connectivity index (χ4n) is 3.16. The Morgan fingerprint density at radius 2 is 2.28 bits per heavy atom. The van der Waals surface area contributed by atoms with Gasteiger partial charge in [0.1, 0.15) is 11.6 Å². The number of hydrogen-bond donors (Lipinski definition) is 2. The van der Waals surface area contributed by atoms with E-state index in [9.17, 15) is 9.90 Å². The van der Waals surface area contributed by atoms with Gasteiger partial charge in [0.05, 0.1) is 6.10 Å². The number of nitrogens with one attached hydrogen (secondary N) is 1. The number of piperidine rings is 1. The fraction of sp³-hybridized carbons (Fsp3) is 0.500. The number of likely N-dealkylation sites (tertiary alicyclic amines) is 1. The monoisotopic (exact) mass is 343 g/mol. The Labute approximate surface area is 147 Å². The molecule has 2 aromatic heterocycles. The molecule has 0 saturated carbocycles. The van der Waals surface area contributed by atoms with E-state index in [1.807, 2.05) is 29.8 Å². The number of rotatable bonds is 4. The normalized spacial score (nSPS) is 18.8. The van der Waals surface area contributed by atoms with Crippen molar-refractivity contribution < 1.29 is 9.90 Å². The summed E-state index contributed by atoms with van der Waals surface area (Å²) in [6.07, 6.45) is 6.91. The maximum Gasteiger partial charge on any atom is 0.317 e. The molecule has 3 rings (SSSR count). The van der Waals surface area contributed by atoms with Gasteiger partial charge in [-0.05, 0) is 38.3 Å². The standard InChI is InChI=1S/C18H25N5O2/c1-13(24)16-4-3-8-22(12-16)18(25)21-11-15-5-6-17(20-10-15)23-9-7-19-14(23)2/h5-7,9-10,13,16,24H,3-4,8,11-12H2,1-2H3,(H,21,25). The van der Waals surface area contributed by atoms with Crippen LogP contribution in [0.4, 0.5) is 4.79 Å². The van der Waals surface area contributed by atoms with Crippen molar-refractivity contribution in [2.75, 3.05) is 13.1 Å². The maximum absolute atomic E-state index is 12.3. The van der Waals surface area contributed by atoms with Crippen LogP contribution < -0.4 is 5.32 Å². The minimum Gasteiger partial charge on any atom is -0.393 e. The lowest BCUT2D eigenvalue weighted by Crippen LogP contribution is -2.47. The van der Waals surface area contributed by atoms with E-state index in [-0.39, 0.29) is 18.1 Å². The van der Waals surface area contributed by atoms with E-state index in [0.29, 0.717) is 13.1 Å². The molecule has 2 N–H and O–H groups in total. The smallest absolute Gasteiger partial charge is 0.317 e. The van der Waals surface area contributed by atoms with E-state index in [2.05, 4.69) is 15.3 Å². The summed E-state index contributed by atoms with van der Waals surface area (Å²) in [6.45, 7) is 5.51. The molecule has 1 aliphatic heterocycles. The number of aromatic nitrogens is 3. The van der Waals surface area contributed by atoms with Gasteiger partial charge < -0.3 is 15.3 Å². The molecule has 0 aliphatic carbocycles. The van der Waals surface area contributed by atoms with E-state index in [1.165, 1.54) is 0 Å². The first-order valence-corrected chi connectivity index (χ1v) is 8.70. The lowest BCUT2D eigenvalue weighted by atomic mass is 9.94. The predicted octanol–water partition coefficient (Wildman–Crippen LogP) is 1.88. The number of aryl methyl sites for hydroxylation is 1. The second kappa shape index (κ2) is 7.65. The quantitative estimate of drug-likeness (QED) is 0.888. The zero-order valence-electron chi connectivity index (χ0n) is 14.7. The van der Waals surface area contributed by atoms with Crippen molar-refractivity contribution in [3.8, 4) is 5.82 Å². The van der Waals surface area contributed by atoms with E-state index in [4.69, 9.17) is 0 Å². The highest BCUT2D eigenvalue weighted by molar-refractivity contribution is 5.74. The predicted molar refractivity (Wildman–Crippen MR) is 94.3 cm³/mol. The highest BCUT2D eigenvalue weighted by atomic mass is 16.3. The number of amides is 2. The first-order valence-electron chi connectivity index (χ1n) is 8.70. The van der Waals surface area contributed by atoms with Crippen LogP contribution in [0.25, 0.3) is 5.82 Å². The molecule has 7 nitrogen and oxygen atoms in total. The molecule has 2 atom stereocenters. The lowest BCUT2D eigenvalue weighted by molar-refractivity contribution is 0.0738. The van der Waals surface area contributed by atoms with Gasteiger partial charge in [0, 0.05) is 44.1 Å². The first kappa shape index (κ1) is 17.4. The van der Waals surface area contributed by atoms with Crippen LogP contribution in [-0.4, -0.2) is 49.8 Å². The number of urea groups is 1. The van der Waals surface area contributed by atoms with Gasteiger partial charge >= 0.3 is 6.03 Å². The van der Waals surface area contributed by atoms with Gasteiger partial charge in [-0.2, -0.15) is 0 Å². The van der Waals surface area contributed by atoms with Gasteiger partial charge in [0.25, 0.3) is 0 Å². The van der Waals surface area contributed by atoms with E-state index >= 15 is 0 Å². The summed E-state index contributed by atoms with van der Waals surface area (Å²) < 4.78 is 1.91. The molecule has 134 valence electrons. The molecule has 1 aliphatic rings. The second-order valence-corrected chi connectivity index (χ2v) is 6.62. The van der Waals surface area contributed by atoms with E-state index in [0.717, 1.165) is 36.6 Å². The fourth-order valence-corrected chi connectivity index (χ4v) is 3.16. The molecule has 2 aromatic rings. The van der Waals surface area contributed by atoms with E-state index < -0.39 is 0 Å². The number of hydrogen-bond acceptors (Lipinski definition) is 4. The Balaban J connectivity index is 1.54. The Hall–Kier alpha value is -2.41. The number of nitrogens with zero attached hydrogens (tertiary/aromatic N) is 4. The Morgan fingerprint density at radius 3 is 2.92 bits per heavy atom. The molecule has 25 heavy (non-hydrogen) atoms. The molecule has 0 spiro atoms. The minimum absolute atomic E-state index is 0.0834. The van der Waals surface area contributed by atoms with Crippen molar-refractivity contribution in [3.05, 3.63) is 42.1 Å². The van der Waals surface area contributed by atoms with Crippen molar-refractivity contribution >= 4 is 6.03 Å². The number of aliphatic hydroxyl groups excluding tert-OH is 1. The summed E-state index contributed by atoms with van der Waals surface area (Å²) in [4.78, 5) is 22.7.